The van der Waals surface area contributed by atoms with E-state index in [-0.39, 0.29) is 11.9 Å². The highest BCUT2D eigenvalue weighted by Gasteiger charge is 2.15. The van der Waals surface area contributed by atoms with Gasteiger partial charge in [-0.3, -0.25) is 4.79 Å². The van der Waals surface area contributed by atoms with Crippen LogP contribution in [0.25, 0.3) is 0 Å². The first-order valence-corrected chi connectivity index (χ1v) is 7.81. The second kappa shape index (κ2) is 8.34. The molecule has 0 aliphatic carbocycles. The molecule has 2 N–H and O–H groups in total. The summed E-state index contributed by atoms with van der Waals surface area (Å²) in [6.07, 6.45) is 0.297. The molecule has 4 heteroatoms. The van der Waals surface area contributed by atoms with Gasteiger partial charge in [-0.2, -0.15) is 0 Å². The molecule has 122 valence electrons. The Bertz CT molecular complexity index is 628. The Hall–Kier alpha value is -2.33. The summed E-state index contributed by atoms with van der Waals surface area (Å²) in [6, 6.07) is 17.3. The van der Waals surface area contributed by atoms with Crippen LogP contribution >= 0.6 is 0 Å². The molecule has 2 aromatic rings. The van der Waals surface area contributed by atoms with Crippen LogP contribution in [0.3, 0.4) is 0 Å². The second-order valence-corrected chi connectivity index (χ2v) is 5.65. The van der Waals surface area contributed by atoms with Crippen molar-refractivity contribution in [2.75, 3.05) is 20.2 Å². The fourth-order valence-corrected chi connectivity index (χ4v) is 2.30. The van der Waals surface area contributed by atoms with Gasteiger partial charge in [-0.15, -0.1) is 0 Å². The Morgan fingerprint density at radius 3 is 2.48 bits per heavy atom. The van der Waals surface area contributed by atoms with Gasteiger partial charge in [0.1, 0.15) is 12.4 Å². The number of likely N-dealkylation sites (N-methyl/N-ethyl adjacent to an activating group) is 1. The Balaban J connectivity index is 1.78. The van der Waals surface area contributed by atoms with Crippen molar-refractivity contribution >= 4 is 5.91 Å². The molecule has 0 heterocycles. The van der Waals surface area contributed by atoms with Gasteiger partial charge in [0.25, 0.3) is 0 Å². The van der Waals surface area contributed by atoms with Crippen molar-refractivity contribution in [1.29, 1.82) is 0 Å². The third kappa shape index (κ3) is 5.11. The quantitative estimate of drug-likeness (QED) is 0.855. The zero-order valence-corrected chi connectivity index (χ0v) is 13.7. The van der Waals surface area contributed by atoms with Crippen molar-refractivity contribution in [1.82, 2.24) is 4.90 Å². The van der Waals surface area contributed by atoms with Gasteiger partial charge in [0.05, 0.1) is 6.54 Å². The Kier molecular flexibility index (Phi) is 6.18. The summed E-state index contributed by atoms with van der Waals surface area (Å²) in [6.45, 7) is 3.01. The van der Waals surface area contributed by atoms with Crippen LogP contribution in [0.4, 0.5) is 0 Å². The molecule has 0 aliphatic heterocycles. The number of carbonyl (C=O) groups excluding carboxylic acids is 1. The lowest BCUT2D eigenvalue weighted by Gasteiger charge is -2.20. The number of carbonyl (C=O) groups is 1. The van der Waals surface area contributed by atoms with E-state index in [9.17, 15) is 4.79 Å². The molecular weight excluding hydrogens is 288 g/mol. The van der Waals surface area contributed by atoms with E-state index < -0.39 is 0 Å². The Morgan fingerprint density at radius 1 is 1.13 bits per heavy atom. The molecule has 23 heavy (non-hydrogen) atoms. The molecule has 2 aromatic carbocycles. The summed E-state index contributed by atoms with van der Waals surface area (Å²) in [4.78, 5) is 13.9. The van der Waals surface area contributed by atoms with Crippen molar-refractivity contribution in [3.05, 3.63) is 65.7 Å². The van der Waals surface area contributed by atoms with Gasteiger partial charge < -0.3 is 15.4 Å². The highest BCUT2D eigenvalue weighted by Crippen LogP contribution is 2.16. The van der Waals surface area contributed by atoms with Crippen LogP contribution in [0.2, 0.25) is 0 Å². The second-order valence-electron chi connectivity index (χ2n) is 5.65. The van der Waals surface area contributed by atoms with E-state index in [2.05, 4.69) is 0 Å². The van der Waals surface area contributed by atoms with Crippen LogP contribution in [0.5, 0.6) is 5.75 Å². The fraction of sp³-hybridized carbons (Fsp3) is 0.316. The molecule has 0 radical (unpaired) electrons. The zero-order chi connectivity index (χ0) is 16.7. The molecule has 0 aromatic heterocycles. The van der Waals surface area contributed by atoms with E-state index in [1.165, 1.54) is 0 Å². The maximum atomic E-state index is 12.2. The molecule has 1 amide bonds. The summed E-state index contributed by atoms with van der Waals surface area (Å²) in [5.41, 5.74) is 8.16. The average molecular weight is 312 g/mol. The number of benzene rings is 2. The third-order valence-corrected chi connectivity index (χ3v) is 3.83. The number of hydrogen-bond donors (Lipinski definition) is 1. The summed E-state index contributed by atoms with van der Waals surface area (Å²) in [5.74, 6) is 0.879. The van der Waals surface area contributed by atoms with Crippen LogP contribution in [-0.4, -0.2) is 31.0 Å². The number of nitrogens with zero attached hydrogens (tertiary/aromatic N) is 1. The normalized spacial score (nSPS) is 11.8. The number of rotatable bonds is 7. The van der Waals surface area contributed by atoms with E-state index in [1.54, 1.807) is 11.9 Å². The summed E-state index contributed by atoms with van der Waals surface area (Å²) in [7, 11) is 1.78. The van der Waals surface area contributed by atoms with Gasteiger partial charge in [-0.25, -0.2) is 0 Å². The minimum Gasteiger partial charge on any atom is -0.491 e. The van der Waals surface area contributed by atoms with Crippen LogP contribution in [-0.2, 0) is 4.79 Å². The zero-order valence-electron chi connectivity index (χ0n) is 13.7. The minimum absolute atomic E-state index is 0.0229. The van der Waals surface area contributed by atoms with Crippen molar-refractivity contribution in [2.24, 2.45) is 5.73 Å². The van der Waals surface area contributed by atoms with Crippen molar-refractivity contribution < 1.29 is 9.53 Å². The lowest BCUT2D eigenvalue weighted by molar-refractivity contribution is -0.130. The first-order chi connectivity index (χ1) is 11.1. The van der Waals surface area contributed by atoms with E-state index in [4.69, 9.17) is 10.5 Å². The van der Waals surface area contributed by atoms with Crippen LogP contribution < -0.4 is 10.5 Å². The first kappa shape index (κ1) is 17.0. The molecule has 1 unspecified atom stereocenters. The number of para-hydroxylation sites is 1. The van der Waals surface area contributed by atoms with E-state index in [0.717, 1.165) is 16.9 Å². The Morgan fingerprint density at radius 2 is 1.78 bits per heavy atom. The van der Waals surface area contributed by atoms with E-state index in [0.29, 0.717) is 19.6 Å². The predicted octanol–water partition coefficient (Wildman–Crippen LogP) is 2.92. The van der Waals surface area contributed by atoms with Crippen LogP contribution in [0.1, 0.15) is 23.6 Å². The predicted molar refractivity (Wildman–Crippen MR) is 92.3 cm³/mol. The van der Waals surface area contributed by atoms with E-state index >= 15 is 0 Å². The highest BCUT2D eigenvalue weighted by molar-refractivity contribution is 5.76. The smallest absolute Gasteiger partial charge is 0.224 e. The average Bonchev–Trinajstić information content (AvgIpc) is 2.57. The van der Waals surface area contributed by atoms with Gasteiger partial charge >= 0.3 is 0 Å². The number of hydrogen-bond acceptors (Lipinski definition) is 3. The van der Waals surface area contributed by atoms with Crippen molar-refractivity contribution in [2.45, 2.75) is 19.4 Å². The number of nitrogens with two attached hydrogens (primary N) is 1. The van der Waals surface area contributed by atoms with Crippen LogP contribution in [0.15, 0.2) is 54.6 Å². The van der Waals surface area contributed by atoms with Gasteiger partial charge in [0.15, 0.2) is 0 Å². The molecule has 0 fully saturated rings. The molecule has 4 nitrogen and oxygen atoms in total. The molecule has 0 saturated carbocycles. The SMILES string of the molecule is Cc1ccccc1OCCN(C)C(=O)CC(N)c1ccccc1. The number of amides is 1. The maximum absolute atomic E-state index is 12.2. The number of ether oxygens (including phenoxy) is 1. The maximum Gasteiger partial charge on any atom is 0.224 e. The molecule has 0 spiro atoms. The summed E-state index contributed by atoms with van der Waals surface area (Å²) >= 11 is 0. The van der Waals surface area contributed by atoms with Gasteiger partial charge in [0.2, 0.25) is 5.91 Å². The topological polar surface area (TPSA) is 55.6 Å². The standard InChI is InChI=1S/C19H24N2O2/c1-15-8-6-7-11-18(15)23-13-12-21(2)19(22)14-17(20)16-9-4-3-5-10-16/h3-11,17H,12-14,20H2,1-2H3. The Labute approximate surface area is 137 Å². The van der Waals surface area contributed by atoms with Gasteiger partial charge in [-0.05, 0) is 24.1 Å². The third-order valence-electron chi connectivity index (χ3n) is 3.83. The summed E-state index contributed by atoms with van der Waals surface area (Å²) in [5, 5.41) is 0. The highest BCUT2D eigenvalue weighted by atomic mass is 16.5. The molecular formula is C19H24N2O2. The lowest BCUT2D eigenvalue weighted by Crippen LogP contribution is -2.33. The minimum atomic E-state index is -0.275. The fourth-order valence-electron chi connectivity index (χ4n) is 2.30. The molecule has 0 bridgehead atoms. The monoisotopic (exact) mass is 312 g/mol. The van der Waals surface area contributed by atoms with E-state index in [1.807, 2.05) is 61.5 Å². The van der Waals surface area contributed by atoms with Gasteiger partial charge in [0, 0.05) is 19.5 Å². The number of aryl methyl sites for hydroxylation is 1. The van der Waals surface area contributed by atoms with Gasteiger partial charge in [-0.1, -0.05) is 48.5 Å². The molecule has 1 atom stereocenters. The van der Waals surface area contributed by atoms with Crippen LogP contribution in [0, 0.1) is 6.92 Å². The molecule has 0 aliphatic rings. The largest absolute Gasteiger partial charge is 0.491 e. The lowest BCUT2D eigenvalue weighted by atomic mass is 10.0. The van der Waals surface area contributed by atoms with Crippen molar-refractivity contribution in [3.63, 3.8) is 0 Å². The molecule has 2 rings (SSSR count). The molecule has 0 saturated heterocycles. The first-order valence-electron chi connectivity index (χ1n) is 7.81. The summed E-state index contributed by atoms with van der Waals surface area (Å²) < 4.78 is 5.72. The van der Waals surface area contributed by atoms with Crippen molar-refractivity contribution in [3.8, 4) is 5.75 Å².